The molecule has 96 valence electrons. The van der Waals surface area contributed by atoms with Crippen molar-refractivity contribution in [3.8, 4) is 0 Å². The first-order chi connectivity index (χ1) is 8.16. The fourth-order valence-corrected chi connectivity index (χ4v) is 2.60. The molecular formula is C14H25N3. The van der Waals surface area contributed by atoms with Gasteiger partial charge < -0.3 is 9.88 Å². The fraction of sp³-hybridized carbons (Fsp3) is 0.786. The van der Waals surface area contributed by atoms with E-state index < -0.39 is 0 Å². The molecular weight excluding hydrogens is 210 g/mol. The highest BCUT2D eigenvalue weighted by Crippen LogP contribution is 2.22. The molecule has 0 aliphatic carbocycles. The van der Waals surface area contributed by atoms with E-state index in [2.05, 4.69) is 36.9 Å². The number of aromatic nitrogens is 2. The lowest BCUT2D eigenvalue weighted by Gasteiger charge is -2.16. The minimum Gasteiger partial charge on any atom is -0.333 e. The number of rotatable bonds is 4. The minimum absolute atomic E-state index is 0.463. The second-order valence-corrected chi connectivity index (χ2v) is 5.62. The van der Waals surface area contributed by atoms with Crippen LogP contribution in [0.15, 0.2) is 6.20 Å². The van der Waals surface area contributed by atoms with Gasteiger partial charge in [0.1, 0.15) is 5.82 Å². The number of aryl methyl sites for hydroxylation is 2. The molecule has 1 aromatic heterocycles. The Bertz CT molecular complexity index is 354. The molecule has 1 aliphatic rings. The lowest BCUT2D eigenvalue weighted by atomic mass is 10.0. The standard InChI is InChI=1S/C14H25N3/c1-11(2)6-4-7-13-14-16-12(3)10-17(14)9-5-8-15-13/h10-11,13,15H,4-9H2,1-3H3. The Labute approximate surface area is 105 Å². The predicted molar refractivity (Wildman–Crippen MR) is 71.0 cm³/mol. The number of nitrogens with one attached hydrogen (secondary N) is 1. The summed E-state index contributed by atoms with van der Waals surface area (Å²) in [5.41, 5.74) is 1.15. The summed E-state index contributed by atoms with van der Waals surface area (Å²) in [7, 11) is 0. The number of hydrogen-bond acceptors (Lipinski definition) is 2. The van der Waals surface area contributed by atoms with Gasteiger partial charge in [0.15, 0.2) is 0 Å². The van der Waals surface area contributed by atoms with E-state index in [9.17, 15) is 0 Å². The van der Waals surface area contributed by atoms with E-state index in [4.69, 9.17) is 4.98 Å². The molecule has 1 atom stereocenters. The normalized spacial score (nSPS) is 20.4. The molecule has 0 bridgehead atoms. The number of fused-ring (bicyclic) bond motifs is 1. The van der Waals surface area contributed by atoms with Crippen LogP contribution in [0.25, 0.3) is 0 Å². The van der Waals surface area contributed by atoms with Crippen LogP contribution in [-0.2, 0) is 6.54 Å². The lowest BCUT2D eigenvalue weighted by molar-refractivity contribution is 0.443. The molecule has 0 saturated heterocycles. The van der Waals surface area contributed by atoms with Crippen molar-refractivity contribution in [3.63, 3.8) is 0 Å². The fourth-order valence-electron chi connectivity index (χ4n) is 2.60. The van der Waals surface area contributed by atoms with Crippen molar-refractivity contribution >= 4 is 0 Å². The molecule has 1 unspecified atom stereocenters. The Morgan fingerprint density at radius 3 is 3.12 bits per heavy atom. The third kappa shape index (κ3) is 3.32. The van der Waals surface area contributed by atoms with Gasteiger partial charge >= 0.3 is 0 Å². The van der Waals surface area contributed by atoms with Gasteiger partial charge in [-0.3, -0.25) is 0 Å². The molecule has 17 heavy (non-hydrogen) atoms. The first kappa shape index (κ1) is 12.6. The average Bonchev–Trinajstić information content (AvgIpc) is 2.53. The Kier molecular flexibility index (Phi) is 4.21. The van der Waals surface area contributed by atoms with Gasteiger partial charge in [0.2, 0.25) is 0 Å². The monoisotopic (exact) mass is 235 g/mol. The molecule has 0 aromatic carbocycles. The lowest BCUT2D eigenvalue weighted by Crippen LogP contribution is -2.22. The predicted octanol–water partition coefficient (Wildman–Crippen LogP) is 3.05. The highest BCUT2D eigenvalue weighted by atomic mass is 15.1. The van der Waals surface area contributed by atoms with Crippen molar-refractivity contribution in [1.82, 2.24) is 14.9 Å². The highest BCUT2D eigenvalue weighted by Gasteiger charge is 2.19. The quantitative estimate of drug-likeness (QED) is 0.869. The maximum absolute atomic E-state index is 4.69. The van der Waals surface area contributed by atoms with Gasteiger partial charge in [-0.25, -0.2) is 4.98 Å². The summed E-state index contributed by atoms with van der Waals surface area (Å²) < 4.78 is 2.34. The van der Waals surface area contributed by atoms with Crippen molar-refractivity contribution in [2.75, 3.05) is 6.54 Å². The summed E-state index contributed by atoms with van der Waals surface area (Å²) >= 11 is 0. The van der Waals surface area contributed by atoms with Crippen LogP contribution < -0.4 is 5.32 Å². The second kappa shape index (κ2) is 5.67. The van der Waals surface area contributed by atoms with Crippen LogP contribution in [-0.4, -0.2) is 16.1 Å². The number of nitrogens with zero attached hydrogens (tertiary/aromatic N) is 2. The van der Waals surface area contributed by atoms with Crippen LogP contribution in [0.3, 0.4) is 0 Å². The van der Waals surface area contributed by atoms with E-state index in [1.54, 1.807) is 0 Å². The first-order valence-corrected chi connectivity index (χ1v) is 6.94. The largest absolute Gasteiger partial charge is 0.333 e. The van der Waals surface area contributed by atoms with E-state index in [1.165, 1.54) is 31.5 Å². The van der Waals surface area contributed by atoms with E-state index in [-0.39, 0.29) is 0 Å². The summed E-state index contributed by atoms with van der Waals surface area (Å²) in [4.78, 5) is 4.69. The molecule has 3 nitrogen and oxygen atoms in total. The topological polar surface area (TPSA) is 29.9 Å². The Hall–Kier alpha value is -0.830. The van der Waals surface area contributed by atoms with Crippen LogP contribution in [0.1, 0.15) is 57.1 Å². The molecule has 1 aromatic rings. The van der Waals surface area contributed by atoms with E-state index >= 15 is 0 Å². The van der Waals surface area contributed by atoms with E-state index in [0.29, 0.717) is 6.04 Å². The van der Waals surface area contributed by atoms with Crippen molar-refractivity contribution in [1.29, 1.82) is 0 Å². The number of imidazole rings is 1. The third-order valence-corrected chi connectivity index (χ3v) is 3.48. The van der Waals surface area contributed by atoms with Crippen molar-refractivity contribution in [2.24, 2.45) is 5.92 Å². The third-order valence-electron chi connectivity index (χ3n) is 3.48. The van der Waals surface area contributed by atoms with Crippen LogP contribution >= 0.6 is 0 Å². The zero-order valence-electron chi connectivity index (χ0n) is 11.4. The van der Waals surface area contributed by atoms with Gasteiger partial charge in [-0.15, -0.1) is 0 Å². The van der Waals surface area contributed by atoms with Gasteiger partial charge in [-0.05, 0) is 32.2 Å². The molecule has 0 spiro atoms. The van der Waals surface area contributed by atoms with Gasteiger partial charge in [0.05, 0.1) is 11.7 Å². The minimum atomic E-state index is 0.463. The molecule has 0 amide bonds. The molecule has 1 N–H and O–H groups in total. The first-order valence-electron chi connectivity index (χ1n) is 6.94. The Balaban J connectivity index is 2.01. The highest BCUT2D eigenvalue weighted by molar-refractivity contribution is 5.07. The van der Waals surface area contributed by atoms with E-state index in [0.717, 1.165) is 24.7 Å². The summed E-state index contributed by atoms with van der Waals surface area (Å²) in [6, 6.07) is 0.463. The molecule has 1 aliphatic heterocycles. The Morgan fingerprint density at radius 2 is 2.35 bits per heavy atom. The molecule has 0 fully saturated rings. The number of hydrogen-bond donors (Lipinski definition) is 1. The molecule has 2 rings (SSSR count). The zero-order chi connectivity index (χ0) is 12.3. The SMILES string of the molecule is Cc1cn2c(n1)C(CCCC(C)C)NCCC2. The van der Waals surface area contributed by atoms with Crippen molar-refractivity contribution < 1.29 is 0 Å². The van der Waals surface area contributed by atoms with Gasteiger partial charge in [-0.2, -0.15) is 0 Å². The smallest absolute Gasteiger partial charge is 0.126 e. The van der Waals surface area contributed by atoms with Gasteiger partial charge in [0.25, 0.3) is 0 Å². The summed E-state index contributed by atoms with van der Waals surface area (Å²) in [6.45, 7) is 8.92. The molecule has 3 heteroatoms. The molecule has 2 heterocycles. The van der Waals surface area contributed by atoms with E-state index in [1.807, 2.05) is 0 Å². The van der Waals surface area contributed by atoms with Crippen LogP contribution in [0.4, 0.5) is 0 Å². The van der Waals surface area contributed by atoms with Crippen LogP contribution in [0.5, 0.6) is 0 Å². The van der Waals surface area contributed by atoms with Crippen LogP contribution in [0, 0.1) is 12.8 Å². The maximum Gasteiger partial charge on any atom is 0.126 e. The van der Waals surface area contributed by atoms with Crippen molar-refractivity contribution in [3.05, 3.63) is 17.7 Å². The molecule has 0 saturated carbocycles. The van der Waals surface area contributed by atoms with Gasteiger partial charge in [0, 0.05) is 12.7 Å². The average molecular weight is 235 g/mol. The summed E-state index contributed by atoms with van der Waals surface area (Å²) in [5.74, 6) is 2.06. The van der Waals surface area contributed by atoms with Crippen LogP contribution in [0.2, 0.25) is 0 Å². The molecule has 0 radical (unpaired) electrons. The maximum atomic E-state index is 4.69. The van der Waals surface area contributed by atoms with Crippen molar-refractivity contribution in [2.45, 2.75) is 59.0 Å². The summed E-state index contributed by atoms with van der Waals surface area (Å²) in [5, 5.41) is 3.64. The Morgan fingerprint density at radius 1 is 1.53 bits per heavy atom. The second-order valence-electron chi connectivity index (χ2n) is 5.62. The zero-order valence-corrected chi connectivity index (χ0v) is 11.4. The summed E-state index contributed by atoms with van der Waals surface area (Å²) in [6.07, 6.45) is 7.23. The van der Waals surface area contributed by atoms with Gasteiger partial charge in [-0.1, -0.05) is 26.7 Å².